The van der Waals surface area contributed by atoms with Crippen molar-refractivity contribution in [1.82, 2.24) is 45.0 Å². The average Bonchev–Trinajstić information content (AvgIpc) is 1.80. The third-order valence-corrected chi connectivity index (χ3v) is 20.5. The van der Waals surface area contributed by atoms with Gasteiger partial charge in [0.05, 0.1) is 78.4 Å². The Labute approximate surface area is 575 Å². The molecule has 3 fully saturated rings. The SMILES string of the molecule is CCc1cc(NC(=O)C(=O)N2C[C@H](C)CC[C@H]2c2ccc3sc(NC)nc3c2)cnc1N.CCc1cc(NC(=O)C(=O)N2C[C@H](C)CC[C@H]2c2ccc3sc(NC)nc3c2)cnc1N.CCc1cc(NC(=O)C(=O)O)cnc1N.CNc1nc2cc(C3CCC(C)CN3)ccc2s1. The molecule has 0 bridgehead atoms. The minimum absolute atomic E-state index is 0.163. The van der Waals surface area contributed by atoms with Crippen LogP contribution < -0.4 is 54.4 Å². The number of nitrogens with zero attached hydrogens (tertiary/aromatic N) is 8. The molecule has 3 aliphatic rings. The van der Waals surface area contributed by atoms with E-state index >= 15 is 0 Å². The molecule has 0 spiro atoms. The number of rotatable bonds is 12. The first kappa shape index (κ1) is 71.6. The summed E-state index contributed by atoms with van der Waals surface area (Å²) in [6.45, 7) is 14.5. The molecular weight excluding hydrogens is 1290 g/mol. The fourth-order valence-electron chi connectivity index (χ4n) is 11.9. The van der Waals surface area contributed by atoms with Gasteiger partial charge in [0.2, 0.25) is 0 Å². The number of carboxylic acids is 1. The van der Waals surface area contributed by atoms with Gasteiger partial charge in [0.25, 0.3) is 0 Å². The normalized spacial score (nSPS) is 18.2. The molecule has 512 valence electrons. The van der Waals surface area contributed by atoms with Crippen molar-refractivity contribution < 1.29 is 33.9 Å². The molecule has 0 radical (unpaired) electrons. The molecule has 9 aromatic rings. The van der Waals surface area contributed by atoms with Crippen LogP contribution in [0.2, 0.25) is 0 Å². The molecule has 5 amide bonds. The Hall–Kier alpha value is -9.64. The summed E-state index contributed by atoms with van der Waals surface area (Å²) in [4.78, 5) is 102. The number of benzene rings is 3. The smallest absolute Gasteiger partial charge is 0.394 e. The number of nitrogens with two attached hydrogens (primary N) is 3. The predicted molar refractivity (Wildman–Crippen MR) is 390 cm³/mol. The van der Waals surface area contributed by atoms with Gasteiger partial charge in [0.1, 0.15) is 17.5 Å². The van der Waals surface area contributed by atoms with Gasteiger partial charge in [-0.3, -0.25) is 24.0 Å². The van der Waals surface area contributed by atoms with Crippen LogP contribution in [0.3, 0.4) is 0 Å². The predicted octanol–water partition coefficient (Wildman–Crippen LogP) is 11.3. The molecule has 3 aliphatic heterocycles. The highest BCUT2D eigenvalue weighted by atomic mass is 32.1. The Morgan fingerprint density at radius 3 is 1.19 bits per heavy atom. The van der Waals surface area contributed by atoms with Gasteiger partial charge in [-0.05, 0) is 170 Å². The zero-order valence-electron chi connectivity index (χ0n) is 56.0. The summed E-state index contributed by atoms with van der Waals surface area (Å²) in [7, 11) is 5.61. The number of carboxylic acid groups (broad SMARTS) is 1. The van der Waals surface area contributed by atoms with E-state index in [0.717, 1.165) is 107 Å². The molecule has 28 heteroatoms. The molecule has 25 nitrogen and oxygen atoms in total. The standard InChI is InChI=1S/2C23H28N6O2S.C14H19N3S.C9H11N3O3/c2*1-4-14-9-16(11-26-20(14)24)27-21(30)22(31)29-12-13(2)5-7-18(29)15-6-8-19-17(10-15)28-23(25-3)32-19;1-9-3-5-11(16-8-9)10-4-6-13-12(7-10)17-14(15-2)18-13;1-2-5-3-6(4-11-7(5)10)12-8(13)9(14)15/h2*6,8-11,13,18H,4-5,7,12H2,1-3H3,(H2,24,26)(H,25,28)(H,27,30);4,6-7,9,11,16H,3,5,8H2,1-2H3,(H,15,17);3-4H,2H2,1H3,(H2,10,11)(H,12,13)(H,14,15)/t2*13-,18+;;/m11../s1. The van der Waals surface area contributed by atoms with Gasteiger partial charge in [0, 0.05) is 40.3 Å². The van der Waals surface area contributed by atoms with Gasteiger partial charge in [0.15, 0.2) is 15.4 Å². The van der Waals surface area contributed by atoms with E-state index < -0.39 is 35.5 Å². The van der Waals surface area contributed by atoms with Gasteiger partial charge < -0.3 is 69.3 Å². The Morgan fingerprint density at radius 1 is 0.495 bits per heavy atom. The molecule has 0 aliphatic carbocycles. The Kier molecular flexibility index (Phi) is 24.3. The number of aryl methyl sites for hydroxylation is 3. The van der Waals surface area contributed by atoms with E-state index in [1.807, 2.05) is 78.3 Å². The van der Waals surface area contributed by atoms with Crippen molar-refractivity contribution >= 4 is 150 Å². The lowest BCUT2D eigenvalue weighted by Gasteiger charge is -2.38. The minimum Gasteiger partial charge on any atom is -0.474 e. The number of piperidine rings is 3. The average molecular weight is 1380 g/mol. The van der Waals surface area contributed by atoms with E-state index in [4.69, 9.17) is 22.3 Å². The maximum atomic E-state index is 13.2. The Morgan fingerprint density at radius 2 is 0.845 bits per heavy atom. The zero-order valence-corrected chi connectivity index (χ0v) is 58.5. The monoisotopic (exact) mass is 1370 g/mol. The highest BCUT2D eigenvalue weighted by Gasteiger charge is 2.36. The summed E-state index contributed by atoms with van der Waals surface area (Å²) in [5.41, 5.74) is 27.2. The summed E-state index contributed by atoms with van der Waals surface area (Å²) in [5, 5.41) is 31.5. The third kappa shape index (κ3) is 18.1. The van der Waals surface area contributed by atoms with Crippen LogP contribution in [0.1, 0.15) is 132 Å². The van der Waals surface area contributed by atoms with Crippen LogP contribution in [-0.2, 0) is 48.0 Å². The maximum Gasteiger partial charge on any atom is 0.394 e. The lowest BCUT2D eigenvalue weighted by Crippen LogP contribution is -2.46. The lowest BCUT2D eigenvalue weighted by atomic mass is 9.89. The van der Waals surface area contributed by atoms with Crippen LogP contribution in [0.4, 0.5) is 49.9 Å². The van der Waals surface area contributed by atoms with Gasteiger partial charge in [-0.1, -0.05) is 93.8 Å². The van der Waals surface area contributed by atoms with Crippen molar-refractivity contribution in [2.45, 2.75) is 117 Å². The summed E-state index contributed by atoms with van der Waals surface area (Å²) < 4.78 is 3.42. The van der Waals surface area contributed by atoms with E-state index in [1.165, 1.54) is 41.7 Å². The number of carbonyl (C=O) groups is 6. The molecule has 12 rings (SSSR count). The second kappa shape index (κ2) is 32.9. The van der Waals surface area contributed by atoms with Crippen LogP contribution in [0.25, 0.3) is 30.6 Å². The van der Waals surface area contributed by atoms with Crippen molar-refractivity contribution in [3.63, 3.8) is 0 Å². The fraction of sp³-hybridized carbons (Fsp3) is 0.391. The number of aromatic nitrogens is 6. The number of nitrogens with one attached hydrogen (secondary N) is 7. The van der Waals surface area contributed by atoms with E-state index in [1.54, 1.807) is 62.0 Å². The van der Waals surface area contributed by atoms with E-state index in [0.29, 0.717) is 84.7 Å². The first-order valence-electron chi connectivity index (χ1n) is 32.6. The quantitative estimate of drug-likeness (QED) is 0.0506. The second-order valence-electron chi connectivity index (χ2n) is 24.5. The number of carbonyl (C=O) groups excluding carboxylic acids is 5. The number of amides is 5. The first-order chi connectivity index (χ1) is 46.6. The lowest BCUT2D eigenvalue weighted by molar-refractivity contribution is -0.147. The third-order valence-electron chi connectivity index (χ3n) is 17.4. The molecule has 9 heterocycles. The number of nitrogen functional groups attached to an aromatic ring is 3. The van der Waals surface area contributed by atoms with Crippen LogP contribution in [-0.4, -0.2) is 121 Å². The Balaban J connectivity index is 0.000000159. The number of anilines is 9. The molecule has 6 atom stereocenters. The van der Waals surface area contributed by atoms with Crippen LogP contribution >= 0.6 is 34.0 Å². The van der Waals surface area contributed by atoms with Gasteiger partial charge in [-0.2, -0.15) is 0 Å². The minimum atomic E-state index is -1.54. The number of hydrogen-bond acceptors (Lipinski definition) is 22. The molecule has 3 saturated heterocycles. The van der Waals surface area contributed by atoms with Crippen molar-refractivity contribution in [2.75, 3.05) is 89.9 Å². The first-order valence-corrected chi connectivity index (χ1v) is 35.0. The molecule has 3 aromatic carbocycles. The van der Waals surface area contributed by atoms with Crippen LogP contribution in [0, 0.1) is 17.8 Å². The molecule has 0 saturated carbocycles. The summed E-state index contributed by atoms with van der Waals surface area (Å²) >= 11 is 4.89. The van der Waals surface area contributed by atoms with Crippen molar-refractivity contribution in [1.29, 1.82) is 0 Å². The van der Waals surface area contributed by atoms with Gasteiger partial charge in [-0.25, -0.2) is 34.7 Å². The van der Waals surface area contributed by atoms with Crippen LogP contribution in [0.15, 0.2) is 91.4 Å². The van der Waals surface area contributed by atoms with Gasteiger partial charge in [-0.15, -0.1) is 0 Å². The molecular formula is C69H86N18O7S3. The molecule has 14 N–H and O–H groups in total. The number of likely N-dealkylation sites (tertiary alicyclic amines) is 2. The van der Waals surface area contributed by atoms with E-state index in [2.05, 4.69) is 106 Å². The summed E-state index contributed by atoms with van der Waals surface area (Å²) in [6, 6.07) is 24.2. The van der Waals surface area contributed by atoms with Crippen molar-refractivity contribution in [3.8, 4) is 0 Å². The number of aliphatic carboxylic acids is 1. The highest BCUT2D eigenvalue weighted by molar-refractivity contribution is 7.22. The molecule has 2 unspecified atom stereocenters. The number of thiazole rings is 3. The number of pyridine rings is 3. The highest BCUT2D eigenvalue weighted by Crippen LogP contribution is 2.39. The van der Waals surface area contributed by atoms with Crippen LogP contribution in [0.5, 0.6) is 0 Å². The number of fused-ring (bicyclic) bond motifs is 3. The van der Waals surface area contributed by atoms with Gasteiger partial charge >= 0.3 is 35.5 Å². The van der Waals surface area contributed by atoms with Crippen molar-refractivity contribution in [2.24, 2.45) is 17.8 Å². The maximum absolute atomic E-state index is 13.2. The molecule has 6 aromatic heterocycles. The topological polar surface area (TPSA) is 369 Å². The largest absolute Gasteiger partial charge is 0.474 e. The number of hydrogen-bond donors (Lipinski definition) is 11. The Bertz CT molecular complexity index is 4120. The van der Waals surface area contributed by atoms with E-state index in [9.17, 15) is 28.8 Å². The zero-order chi connectivity index (χ0) is 69.6. The van der Waals surface area contributed by atoms with E-state index in [-0.39, 0.29) is 12.1 Å². The molecule has 97 heavy (non-hydrogen) atoms. The second-order valence-corrected chi connectivity index (χ2v) is 27.6. The van der Waals surface area contributed by atoms with Crippen molar-refractivity contribution in [3.05, 3.63) is 125 Å². The summed E-state index contributed by atoms with van der Waals surface area (Å²) in [6.07, 6.45) is 12.5. The fourth-order valence-corrected chi connectivity index (χ4v) is 14.3. The summed E-state index contributed by atoms with van der Waals surface area (Å²) in [5.74, 6) is -2.33.